The van der Waals surface area contributed by atoms with Crippen LogP contribution < -0.4 is 19.7 Å². The maximum absolute atomic E-state index is 13.0. The molecule has 28 heavy (non-hydrogen) atoms. The predicted octanol–water partition coefficient (Wildman–Crippen LogP) is 3.62. The van der Waals surface area contributed by atoms with Gasteiger partial charge in [0, 0.05) is 25.3 Å². The number of nitrogens with one attached hydrogen (secondary N) is 1. The molecule has 150 valence electrons. The number of carbonyl (C=O) groups is 1. The van der Waals surface area contributed by atoms with E-state index in [1.807, 2.05) is 18.2 Å². The lowest BCUT2D eigenvalue weighted by atomic mass is 9.87. The van der Waals surface area contributed by atoms with Gasteiger partial charge in [-0.05, 0) is 41.7 Å². The van der Waals surface area contributed by atoms with Crippen molar-refractivity contribution < 1.29 is 14.3 Å². The molecule has 2 aromatic rings. The molecule has 2 aromatic carbocycles. The van der Waals surface area contributed by atoms with Gasteiger partial charge < -0.3 is 19.7 Å². The smallest absolute Gasteiger partial charge is 0.227 e. The van der Waals surface area contributed by atoms with E-state index in [4.69, 9.17) is 9.47 Å². The van der Waals surface area contributed by atoms with Crippen molar-refractivity contribution in [2.24, 2.45) is 5.92 Å². The summed E-state index contributed by atoms with van der Waals surface area (Å²) in [6, 6.07) is 14.2. The van der Waals surface area contributed by atoms with Crippen molar-refractivity contribution in [2.75, 3.05) is 38.8 Å². The van der Waals surface area contributed by atoms with Crippen molar-refractivity contribution in [3.05, 3.63) is 53.6 Å². The number of benzene rings is 2. The second-order valence-electron chi connectivity index (χ2n) is 7.49. The highest BCUT2D eigenvalue weighted by Gasteiger charge is 2.26. The summed E-state index contributed by atoms with van der Waals surface area (Å²) < 4.78 is 10.7. The van der Waals surface area contributed by atoms with Gasteiger partial charge in [-0.3, -0.25) is 4.79 Å². The highest BCUT2D eigenvalue weighted by Crippen LogP contribution is 2.33. The van der Waals surface area contributed by atoms with Crippen molar-refractivity contribution >= 4 is 11.6 Å². The van der Waals surface area contributed by atoms with Gasteiger partial charge in [-0.25, -0.2) is 0 Å². The Morgan fingerprint density at radius 2 is 1.86 bits per heavy atom. The van der Waals surface area contributed by atoms with Crippen LogP contribution in [-0.4, -0.2) is 39.8 Å². The molecule has 1 unspecified atom stereocenters. The van der Waals surface area contributed by atoms with E-state index < -0.39 is 0 Å². The van der Waals surface area contributed by atoms with Gasteiger partial charge in [0.2, 0.25) is 5.91 Å². The summed E-state index contributed by atoms with van der Waals surface area (Å²) in [5, 5.41) is 3.13. The molecule has 1 amide bonds. The fourth-order valence-corrected chi connectivity index (χ4v) is 3.95. The Bertz CT molecular complexity index is 819. The molecule has 0 aliphatic carbocycles. The lowest BCUT2D eigenvalue weighted by molar-refractivity contribution is -0.123. The van der Waals surface area contributed by atoms with Crippen molar-refractivity contribution in [2.45, 2.75) is 26.2 Å². The van der Waals surface area contributed by atoms with Gasteiger partial charge in [0.1, 0.15) is 0 Å². The monoisotopic (exact) mass is 382 g/mol. The van der Waals surface area contributed by atoms with Crippen LogP contribution in [0, 0.1) is 5.92 Å². The first-order valence-electron chi connectivity index (χ1n) is 9.87. The van der Waals surface area contributed by atoms with Gasteiger partial charge in [0.15, 0.2) is 11.5 Å². The largest absolute Gasteiger partial charge is 0.493 e. The summed E-state index contributed by atoms with van der Waals surface area (Å²) in [6.07, 6.45) is 1.07. The molecule has 0 saturated carbocycles. The molecule has 1 aliphatic rings. The fourth-order valence-electron chi connectivity index (χ4n) is 3.95. The summed E-state index contributed by atoms with van der Waals surface area (Å²) in [7, 11) is 3.22. The number of anilines is 1. The van der Waals surface area contributed by atoms with E-state index >= 15 is 0 Å². The van der Waals surface area contributed by atoms with Gasteiger partial charge in [-0.2, -0.15) is 0 Å². The molecule has 1 heterocycles. The Labute approximate surface area is 167 Å². The van der Waals surface area contributed by atoms with E-state index in [-0.39, 0.29) is 17.7 Å². The summed E-state index contributed by atoms with van der Waals surface area (Å²) in [4.78, 5) is 15.3. The Morgan fingerprint density at radius 3 is 2.57 bits per heavy atom. The van der Waals surface area contributed by atoms with E-state index in [2.05, 4.69) is 48.3 Å². The molecule has 0 fully saturated rings. The summed E-state index contributed by atoms with van der Waals surface area (Å²) in [5.41, 5.74) is 3.62. The van der Waals surface area contributed by atoms with Gasteiger partial charge in [-0.15, -0.1) is 0 Å². The molecule has 5 nitrogen and oxygen atoms in total. The molecule has 1 atom stereocenters. The number of fused-ring (bicyclic) bond motifs is 1. The van der Waals surface area contributed by atoms with E-state index in [1.165, 1.54) is 11.3 Å². The van der Waals surface area contributed by atoms with Crippen molar-refractivity contribution in [1.82, 2.24) is 5.32 Å². The first kappa shape index (κ1) is 20.1. The van der Waals surface area contributed by atoms with Gasteiger partial charge >= 0.3 is 0 Å². The van der Waals surface area contributed by atoms with Crippen LogP contribution >= 0.6 is 0 Å². The zero-order valence-corrected chi connectivity index (χ0v) is 17.2. The maximum Gasteiger partial charge on any atom is 0.227 e. The average Bonchev–Trinajstić information content (AvgIpc) is 3.11. The van der Waals surface area contributed by atoms with Crippen LogP contribution in [0.1, 0.15) is 30.9 Å². The number of ether oxygens (including phenoxy) is 2. The number of amides is 1. The second kappa shape index (κ2) is 9.00. The third-order valence-corrected chi connectivity index (χ3v) is 5.38. The molecule has 0 saturated heterocycles. The zero-order valence-electron chi connectivity index (χ0n) is 17.2. The number of rotatable bonds is 8. The van der Waals surface area contributed by atoms with E-state index in [9.17, 15) is 4.79 Å². The molecule has 1 N–H and O–H groups in total. The van der Waals surface area contributed by atoms with Crippen LogP contribution in [0.5, 0.6) is 11.5 Å². The lowest BCUT2D eigenvalue weighted by Gasteiger charge is -2.24. The summed E-state index contributed by atoms with van der Waals surface area (Å²) in [6.45, 7) is 6.59. The van der Waals surface area contributed by atoms with Crippen molar-refractivity contribution in [1.29, 1.82) is 0 Å². The standard InChI is InChI=1S/C23H30N2O3/c1-16(2)22(18-9-10-20(27-3)21(15-18)28-4)23(26)24-12-14-25-13-11-17-7-5-6-8-19(17)25/h5-10,15-16,22H,11-14H2,1-4H3,(H,24,26). The molecule has 0 aromatic heterocycles. The molecule has 5 heteroatoms. The molecule has 0 bridgehead atoms. The number of hydrogen-bond acceptors (Lipinski definition) is 4. The Balaban J connectivity index is 1.64. The van der Waals surface area contributed by atoms with Gasteiger partial charge in [-0.1, -0.05) is 38.1 Å². The van der Waals surface area contributed by atoms with Crippen molar-refractivity contribution in [3.8, 4) is 11.5 Å². The van der Waals surface area contributed by atoms with E-state index in [0.717, 1.165) is 25.1 Å². The number of para-hydroxylation sites is 1. The fraction of sp³-hybridized carbons (Fsp3) is 0.435. The van der Waals surface area contributed by atoms with E-state index in [0.29, 0.717) is 18.0 Å². The van der Waals surface area contributed by atoms with Crippen LogP contribution in [0.2, 0.25) is 0 Å². The van der Waals surface area contributed by atoms with Crippen molar-refractivity contribution in [3.63, 3.8) is 0 Å². The second-order valence-corrected chi connectivity index (χ2v) is 7.49. The van der Waals surface area contributed by atoms with Crippen LogP contribution in [0.25, 0.3) is 0 Å². The first-order valence-corrected chi connectivity index (χ1v) is 9.87. The maximum atomic E-state index is 13.0. The van der Waals surface area contributed by atoms with Crippen LogP contribution in [0.3, 0.4) is 0 Å². The third kappa shape index (κ3) is 4.24. The van der Waals surface area contributed by atoms with Gasteiger partial charge in [0.25, 0.3) is 0 Å². The van der Waals surface area contributed by atoms with Crippen LogP contribution in [-0.2, 0) is 11.2 Å². The number of hydrogen-bond donors (Lipinski definition) is 1. The van der Waals surface area contributed by atoms with E-state index in [1.54, 1.807) is 14.2 Å². The number of nitrogens with zero attached hydrogens (tertiary/aromatic N) is 1. The minimum absolute atomic E-state index is 0.0506. The Kier molecular flexibility index (Phi) is 6.45. The molecular weight excluding hydrogens is 352 g/mol. The third-order valence-electron chi connectivity index (χ3n) is 5.38. The lowest BCUT2D eigenvalue weighted by Crippen LogP contribution is -2.37. The first-order chi connectivity index (χ1) is 13.5. The minimum atomic E-state index is -0.231. The predicted molar refractivity (Wildman–Crippen MR) is 112 cm³/mol. The van der Waals surface area contributed by atoms with Gasteiger partial charge in [0.05, 0.1) is 20.1 Å². The Morgan fingerprint density at radius 1 is 1.11 bits per heavy atom. The number of carbonyl (C=O) groups excluding carboxylic acids is 1. The topological polar surface area (TPSA) is 50.8 Å². The molecule has 3 rings (SSSR count). The normalized spacial score (nSPS) is 14.0. The molecule has 1 aliphatic heterocycles. The highest BCUT2D eigenvalue weighted by molar-refractivity contribution is 5.84. The molecular formula is C23H30N2O3. The number of methoxy groups -OCH3 is 2. The molecule has 0 radical (unpaired) electrons. The average molecular weight is 383 g/mol. The zero-order chi connectivity index (χ0) is 20.1. The van der Waals surface area contributed by atoms with Crippen LogP contribution in [0.15, 0.2) is 42.5 Å². The SMILES string of the molecule is COc1ccc(C(C(=O)NCCN2CCc3ccccc32)C(C)C)cc1OC. The quantitative estimate of drug-likeness (QED) is 0.758. The minimum Gasteiger partial charge on any atom is -0.493 e. The summed E-state index contributed by atoms with van der Waals surface area (Å²) in [5.74, 6) is 1.31. The van der Waals surface area contributed by atoms with Crippen LogP contribution in [0.4, 0.5) is 5.69 Å². The Hall–Kier alpha value is -2.69. The molecule has 0 spiro atoms. The summed E-state index contributed by atoms with van der Waals surface area (Å²) >= 11 is 0. The highest BCUT2D eigenvalue weighted by atomic mass is 16.5.